The summed E-state index contributed by atoms with van der Waals surface area (Å²) in [5, 5.41) is 0. The van der Waals surface area contributed by atoms with Crippen LogP contribution in [0.2, 0.25) is 0 Å². The molecule has 0 heterocycles. The van der Waals surface area contributed by atoms with Crippen molar-refractivity contribution < 1.29 is 19.6 Å². The van der Waals surface area contributed by atoms with Gasteiger partial charge in [0.15, 0.2) is 0 Å². The average molecular weight is 263 g/mol. The number of hydrogen-bond acceptors (Lipinski definition) is 1. The zero-order chi connectivity index (χ0) is 9.40. The molecule has 0 aliphatic carbocycles. The molecule has 1 aromatic carbocycles. The van der Waals surface area contributed by atoms with E-state index in [-0.39, 0.29) is 0 Å². The van der Waals surface area contributed by atoms with Gasteiger partial charge in [0.1, 0.15) is 0 Å². The number of halogens is 1. The average Bonchev–Trinajstić information content (AvgIpc) is 2.13. The van der Waals surface area contributed by atoms with Gasteiger partial charge in [-0.2, -0.15) is 35.9 Å². The molecule has 0 unspecified atom stereocenters. The van der Waals surface area contributed by atoms with Gasteiger partial charge in [-0.25, -0.2) is 0 Å². The Morgan fingerprint density at radius 2 is 2.36 bits per heavy atom. The Morgan fingerprint density at radius 3 is 2.91 bits per heavy atom. The van der Waals surface area contributed by atoms with E-state index in [0.717, 1.165) is 12.0 Å². The Bertz CT molecular complexity index is 220. The number of hydrogen-bond donors (Lipinski definition) is 1. The molecule has 0 radical (unpaired) electrons. The normalized spacial score (nSPS) is 9.64. The van der Waals surface area contributed by atoms with Crippen molar-refractivity contribution in [2.75, 3.05) is 6.54 Å². The van der Waals surface area contributed by atoms with Gasteiger partial charge >= 0.3 is 27.7 Å². The van der Waals surface area contributed by atoms with E-state index >= 15 is 0 Å². The van der Waals surface area contributed by atoms with Gasteiger partial charge in [0.25, 0.3) is 0 Å². The zero-order valence-corrected chi connectivity index (χ0v) is 8.23. The minimum absolute atomic E-state index is 0.535. The Balaban J connectivity index is 0.000000561. The van der Waals surface area contributed by atoms with Crippen molar-refractivity contribution in [2.45, 2.75) is 6.42 Å². The van der Waals surface area contributed by atoms with Crippen molar-refractivity contribution >= 4 is 9.53 Å². The molecule has 0 saturated carbocycles. The molecule has 0 aliphatic rings. The third-order valence-corrected chi connectivity index (χ3v) is 1.10. The summed E-state index contributed by atoms with van der Waals surface area (Å²) in [7, 11) is 4.49. The molecule has 0 fully saturated rings. The minimum atomic E-state index is 0.535. The van der Waals surface area contributed by atoms with Crippen molar-refractivity contribution in [1.82, 2.24) is 0 Å². The second-order valence-corrected chi connectivity index (χ2v) is 1.83. The van der Waals surface area contributed by atoms with Crippen LogP contribution in [-0.2, 0) is 24.6 Å². The zero-order valence-electron chi connectivity index (χ0n) is 6.92. The van der Waals surface area contributed by atoms with Crippen LogP contribution in [0.1, 0.15) is 6.93 Å². The van der Waals surface area contributed by atoms with E-state index in [1.807, 2.05) is 12.1 Å². The summed E-state index contributed by atoms with van der Waals surface area (Å²) in [6, 6.07) is 8.87. The molecule has 0 bridgehead atoms. The third kappa shape index (κ3) is 5.41. The van der Waals surface area contributed by atoms with Gasteiger partial charge in [0.2, 0.25) is 0 Å². The summed E-state index contributed by atoms with van der Waals surface area (Å²) in [6.45, 7) is 0.590. The van der Waals surface area contributed by atoms with Gasteiger partial charge in [-0.1, -0.05) is 0 Å². The van der Waals surface area contributed by atoms with Crippen molar-refractivity contribution in [3.8, 4) is 0 Å². The second kappa shape index (κ2) is 8.23. The van der Waals surface area contributed by atoms with Crippen LogP contribution in [0, 0.1) is 6.07 Å². The van der Waals surface area contributed by atoms with Crippen LogP contribution in [0.25, 0.3) is 0 Å². The monoisotopic (exact) mass is 262 g/mol. The number of benzene rings is 1. The summed E-state index contributed by atoms with van der Waals surface area (Å²) in [5.74, 6) is 0. The van der Waals surface area contributed by atoms with Crippen LogP contribution in [-0.4, -0.2) is 6.54 Å². The maximum atomic E-state index is 7.39. The number of nitrogens with two attached hydrogens (primary N) is 1. The molecule has 0 aliphatic heterocycles. The van der Waals surface area contributed by atoms with E-state index in [1.165, 1.54) is 0 Å². The SMILES string of the molecule is [2H]c1ccc[c-]c1CCN.[Cl][Pd+]. The van der Waals surface area contributed by atoms with Gasteiger partial charge in [-0.15, -0.1) is 0 Å². The molecule has 1 aromatic rings. The predicted octanol–water partition coefficient (Wildman–Crippen LogP) is 1.67. The van der Waals surface area contributed by atoms with E-state index in [2.05, 4.69) is 33.8 Å². The molecule has 0 aromatic heterocycles. The fourth-order valence-corrected chi connectivity index (χ4v) is 0.676. The molecule has 64 valence electrons. The first-order valence-electron chi connectivity index (χ1n) is 3.63. The molecular weight excluding hydrogens is 252 g/mol. The summed E-state index contributed by atoms with van der Waals surface area (Å²) in [5.41, 5.74) is 6.23. The Morgan fingerprint density at radius 1 is 1.64 bits per heavy atom. The van der Waals surface area contributed by atoms with Gasteiger partial charge in [0, 0.05) is 0 Å². The predicted molar refractivity (Wildman–Crippen MR) is 43.9 cm³/mol. The van der Waals surface area contributed by atoms with Crippen LogP contribution in [0.4, 0.5) is 0 Å². The van der Waals surface area contributed by atoms with Crippen LogP contribution in [0.15, 0.2) is 24.2 Å². The first-order valence-corrected chi connectivity index (χ1v) is 5.13. The van der Waals surface area contributed by atoms with E-state index in [1.54, 1.807) is 6.07 Å². The molecule has 0 amide bonds. The van der Waals surface area contributed by atoms with Gasteiger partial charge in [-0.05, 0) is 14.3 Å². The number of rotatable bonds is 2. The standard InChI is InChI=1S/C8H10N.ClH.Pd/c9-7-6-8-4-2-1-3-5-8;;/h1-4H,6-7,9H2;1H;/q-1;;+2/p-1/i4D;;. The molecule has 1 rings (SSSR count). The van der Waals surface area contributed by atoms with Gasteiger partial charge in [0.05, 0.1) is 0 Å². The molecule has 0 atom stereocenters. The summed E-state index contributed by atoms with van der Waals surface area (Å²) in [6.07, 6.45) is 0.750. The van der Waals surface area contributed by atoms with Gasteiger partial charge < -0.3 is 5.73 Å². The van der Waals surface area contributed by atoms with Crippen molar-refractivity contribution in [2.24, 2.45) is 5.73 Å². The summed E-state index contributed by atoms with van der Waals surface area (Å²) >= 11 is 2.22. The van der Waals surface area contributed by atoms with Crippen molar-refractivity contribution in [1.29, 1.82) is 0 Å². The second-order valence-electron chi connectivity index (χ2n) is 1.83. The van der Waals surface area contributed by atoms with E-state index in [4.69, 9.17) is 7.10 Å². The summed E-state index contributed by atoms with van der Waals surface area (Å²) in [4.78, 5) is 0. The molecular formula is C8H10ClNPd. The third-order valence-electron chi connectivity index (χ3n) is 1.10. The molecule has 11 heavy (non-hydrogen) atoms. The molecule has 2 N–H and O–H groups in total. The maximum absolute atomic E-state index is 7.39. The Kier molecular flexibility index (Phi) is 6.90. The van der Waals surface area contributed by atoms with Gasteiger partial charge in [-0.3, -0.25) is 0 Å². The topological polar surface area (TPSA) is 26.0 Å². The molecule has 0 saturated heterocycles. The fraction of sp³-hybridized carbons (Fsp3) is 0.250. The quantitative estimate of drug-likeness (QED) is 0.637. The molecule has 3 heteroatoms. The van der Waals surface area contributed by atoms with Crippen molar-refractivity contribution in [3.05, 3.63) is 35.9 Å². The Labute approximate surface area is 83.7 Å². The molecule has 1 nitrogen and oxygen atoms in total. The van der Waals surface area contributed by atoms with E-state index < -0.39 is 0 Å². The van der Waals surface area contributed by atoms with Crippen LogP contribution in [0.5, 0.6) is 0 Å². The molecule has 0 spiro atoms. The van der Waals surface area contributed by atoms with E-state index in [9.17, 15) is 0 Å². The van der Waals surface area contributed by atoms with Crippen LogP contribution in [0.3, 0.4) is 0 Å². The van der Waals surface area contributed by atoms with E-state index in [0.29, 0.717) is 12.6 Å². The van der Waals surface area contributed by atoms with Crippen LogP contribution >= 0.6 is 9.53 Å². The Hall–Kier alpha value is 0.132. The first-order chi connectivity index (χ1) is 5.84. The fourth-order valence-electron chi connectivity index (χ4n) is 0.676. The first kappa shape index (κ1) is 9.22. The summed E-state index contributed by atoms with van der Waals surface area (Å²) < 4.78 is 7.39. The van der Waals surface area contributed by atoms with Crippen LogP contribution < -0.4 is 5.73 Å². The van der Waals surface area contributed by atoms with Crippen molar-refractivity contribution in [3.63, 3.8) is 0 Å².